The molecule has 2 aromatic heterocycles. The van der Waals surface area contributed by atoms with E-state index in [9.17, 15) is 0 Å². The van der Waals surface area contributed by atoms with Gasteiger partial charge in [-0.25, -0.2) is 0 Å². The van der Waals surface area contributed by atoms with Crippen molar-refractivity contribution in [3.63, 3.8) is 0 Å². The average molecular weight is 524 g/mol. The van der Waals surface area contributed by atoms with Crippen LogP contribution in [0.1, 0.15) is 0 Å². The van der Waals surface area contributed by atoms with Crippen LogP contribution in [0.4, 0.5) is 0 Å². The van der Waals surface area contributed by atoms with E-state index in [1.165, 1.54) is 81.2 Å². The summed E-state index contributed by atoms with van der Waals surface area (Å²) in [7, 11) is 0. The quantitative estimate of drug-likeness (QED) is 0.207. The van der Waals surface area contributed by atoms with Gasteiger partial charge in [0.1, 0.15) is 0 Å². The molecule has 0 radical (unpaired) electrons. The first-order valence-corrected chi connectivity index (χ1v) is 14.6. The van der Waals surface area contributed by atoms with Crippen molar-refractivity contribution in [1.29, 1.82) is 0 Å². The second-order valence-corrected chi connectivity index (χ2v) is 12.0. The van der Waals surface area contributed by atoms with E-state index < -0.39 is 0 Å². The fourth-order valence-electron chi connectivity index (χ4n) is 7.48. The molecule has 0 unspecified atom stereocenters. The number of aromatic nitrogens is 2. The minimum absolute atomic E-state index is 0.241. The molecule has 184 valence electrons. The fourth-order valence-corrected chi connectivity index (χ4v) is 8.64. The third-order valence-electron chi connectivity index (χ3n) is 8.96. The van der Waals surface area contributed by atoms with Crippen molar-refractivity contribution in [2.75, 3.05) is 0 Å². The van der Waals surface area contributed by atoms with Crippen molar-refractivity contribution in [1.82, 2.24) is 9.13 Å². The second kappa shape index (κ2) is 7.50. The number of para-hydroxylation sites is 3. The summed E-state index contributed by atoms with van der Waals surface area (Å²) in [5, 5.41) is 5.26. The Labute approximate surface area is 235 Å². The molecule has 0 N–H and O–H groups in total. The van der Waals surface area contributed by atoms with E-state index in [0.717, 1.165) is 0 Å². The van der Waals surface area contributed by atoms with Gasteiger partial charge in [-0.1, -0.05) is 102 Å². The zero-order valence-electron chi connectivity index (χ0n) is 21.5. The number of fused-ring (bicyclic) bond motifs is 11. The maximum absolute atomic E-state index is 2.59. The predicted octanol–water partition coefficient (Wildman–Crippen LogP) is 7.18. The molecule has 0 aliphatic carbocycles. The lowest BCUT2D eigenvalue weighted by molar-refractivity contribution is 1.17. The Morgan fingerprint density at radius 2 is 1.20 bits per heavy atom. The van der Waals surface area contributed by atoms with E-state index >= 15 is 0 Å². The smallest absolute Gasteiger partial charge is 0.249 e. The van der Waals surface area contributed by atoms with E-state index in [4.69, 9.17) is 0 Å². The van der Waals surface area contributed by atoms with E-state index in [-0.39, 0.29) is 6.71 Å². The lowest BCUT2D eigenvalue weighted by Crippen LogP contribution is -2.58. The van der Waals surface area contributed by atoms with Gasteiger partial charge in [0, 0.05) is 48.2 Å². The lowest BCUT2D eigenvalue weighted by atomic mass is 9.35. The number of rotatable bonds is 1. The van der Waals surface area contributed by atoms with Gasteiger partial charge in [-0.2, -0.15) is 0 Å². The van der Waals surface area contributed by atoms with E-state index in [1.807, 2.05) is 11.8 Å². The van der Waals surface area contributed by atoms with Gasteiger partial charge in [0.25, 0.3) is 0 Å². The van der Waals surface area contributed by atoms with E-state index in [0.29, 0.717) is 0 Å². The molecule has 6 aromatic carbocycles. The topological polar surface area (TPSA) is 9.86 Å². The Hall–Kier alpha value is -4.67. The summed E-state index contributed by atoms with van der Waals surface area (Å²) in [5.74, 6) is 0. The summed E-state index contributed by atoms with van der Waals surface area (Å²) in [4.78, 5) is 2.73. The molecule has 2 aliphatic heterocycles. The summed E-state index contributed by atoms with van der Waals surface area (Å²) in [6.07, 6.45) is 0. The van der Waals surface area contributed by atoms with Crippen molar-refractivity contribution in [3.8, 4) is 11.4 Å². The van der Waals surface area contributed by atoms with Gasteiger partial charge in [-0.3, -0.25) is 0 Å². The molecule has 0 fully saturated rings. The van der Waals surface area contributed by atoms with Crippen LogP contribution in [0.3, 0.4) is 0 Å². The number of nitrogens with zero attached hydrogens (tertiary/aromatic N) is 2. The fraction of sp³-hybridized carbons (Fsp3) is 0. The molecule has 0 atom stereocenters. The summed E-state index contributed by atoms with van der Waals surface area (Å²) < 4.78 is 5.02. The molecule has 0 saturated carbocycles. The molecule has 2 nitrogen and oxygen atoms in total. The molecule has 8 aromatic rings. The first-order chi connectivity index (χ1) is 19.9. The molecule has 0 spiro atoms. The van der Waals surface area contributed by atoms with Crippen LogP contribution in [0, 0.1) is 0 Å². The van der Waals surface area contributed by atoms with Gasteiger partial charge in [-0.15, -0.1) is 0 Å². The minimum Gasteiger partial charge on any atom is -0.310 e. The van der Waals surface area contributed by atoms with E-state index in [1.54, 1.807) is 0 Å². The normalized spacial score (nSPS) is 13.3. The second-order valence-electron chi connectivity index (χ2n) is 10.9. The van der Waals surface area contributed by atoms with Gasteiger partial charge in [0.05, 0.1) is 16.6 Å². The number of benzene rings is 6. The monoisotopic (exact) mass is 524 g/mol. The Balaban J connectivity index is 1.45. The van der Waals surface area contributed by atoms with Crippen molar-refractivity contribution in [2.45, 2.75) is 9.79 Å². The third kappa shape index (κ3) is 2.49. The van der Waals surface area contributed by atoms with Gasteiger partial charge in [0.2, 0.25) is 6.71 Å². The summed E-state index contributed by atoms with van der Waals surface area (Å²) in [6, 6.07) is 47.1. The van der Waals surface area contributed by atoms with Crippen LogP contribution in [0.25, 0.3) is 55.0 Å². The maximum atomic E-state index is 2.59. The Kier molecular flexibility index (Phi) is 3.97. The van der Waals surface area contributed by atoms with Crippen molar-refractivity contribution in [2.24, 2.45) is 0 Å². The average Bonchev–Trinajstić information content (AvgIpc) is 3.53. The van der Waals surface area contributed by atoms with E-state index in [2.05, 4.69) is 137 Å². The van der Waals surface area contributed by atoms with Crippen molar-refractivity contribution < 1.29 is 0 Å². The van der Waals surface area contributed by atoms with Crippen LogP contribution >= 0.6 is 11.8 Å². The third-order valence-corrected chi connectivity index (χ3v) is 10.1. The highest BCUT2D eigenvalue weighted by atomic mass is 32.2. The maximum Gasteiger partial charge on any atom is 0.249 e. The molecule has 4 heterocycles. The van der Waals surface area contributed by atoms with Crippen LogP contribution in [0.5, 0.6) is 0 Å². The van der Waals surface area contributed by atoms with Gasteiger partial charge < -0.3 is 9.13 Å². The van der Waals surface area contributed by atoms with Crippen LogP contribution < -0.4 is 16.4 Å². The summed E-state index contributed by atoms with van der Waals surface area (Å²) >= 11 is 1.91. The SMILES string of the molecule is c1ccc(-n2c3ccccc3c3c2ccc2c4cccc5c4n(c23)-c2cccc3c2B5c2ccccc2S3)cc1. The Bertz CT molecular complexity index is 2360. The molecule has 0 amide bonds. The first kappa shape index (κ1) is 21.2. The van der Waals surface area contributed by atoms with Crippen LogP contribution in [-0.2, 0) is 0 Å². The van der Waals surface area contributed by atoms with Gasteiger partial charge in [0.15, 0.2) is 0 Å². The van der Waals surface area contributed by atoms with Crippen molar-refractivity contribution in [3.05, 3.63) is 127 Å². The van der Waals surface area contributed by atoms with Gasteiger partial charge >= 0.3 is 0 Å². The standard InChI is InChI=1S/C36H21BN2S/c1-2-10-22(11-3-1)38-28-16-6-4-12-25(28)33-29(38)21-20-24-23-13-8-15-27-35(23)39(36(24)33)30-17-9-19-32-34(30)37(27)26-14-5-7-18-31(26)40-32/h1-21H. The number of hydrogen-bond acceptors (Lipinski definition) is 1. The highest BCUT2D eigenvalue weighted by Crippen LogP contribution is 2.43. The minimum atomic E-state index is 0.241. The van der Waals surface area contributed by atoms with Crippen LogP contribution in [-0.4, -0.2) is 15.8 Å². The molecule has 2 aliphatic rings. The number of hydrogen-bond donors (Lipinski definition) is 0. The lowest BCUT2D eigenvalue weighted by Gasteiger charge is -2.33. The molecule has 10 rings (SSSR count). The Morgan fingerprint density at radius 3 is 2.15 bits per heavy atom. The summed E-state index contributed by atoms with van der Waals surface area (Å²) in [6.45, 7) is 0.241. The summed E-state index contributed by atoms with van der Waals surface area (Å²) in [5.41, 5.74) is 11.9. The van der Waals surface area contributed by atoms with Crippen LogP contribution in [0.15, 0.2) is 137 Å². The molecular weight excluding hydrogens is 503 g/mol. The highest BCUT2D eigenvalue weighted by molar-refractivity contribution is 8.00. The van der Waals surface area contributed by atoms with Crippen molar-refractivity contribution >= 4 is 78.5 Å². The molecule has 0 bridgehead atoms. The molecular formula is C36H21BN2S. The zero-order valence-corrected chi connectivity index (χ0v) is 22.3. The largest absolute Gasteiger partial charge is 0.310 e. The van der Waals surface area contributed by atoms with Gasteiger partial charge in [-0.05, 0) is 53.4 Å². The molecule has 4 heteroatoms. The molecule has 0 saturated heterocycles. The Morgan fingerprint density at radius 1 is 0.475 bits per heavy atom. The molecule has 40 heavy (non-hydrogen) atoms. The highest BCUT2D eigenvalue weighted by Gasteiger charge is 2.39. The predicted molar refractivity (Wildman–Crippen MR) is 170 cm³/mol. The zero-order chi connectivity index (χ0) is 25.9. The first-order valence-electron chi connectivity index (χ1n) is 13.8. The van der Waals surface area contributed by atoms with Crippen LogP contribution in [0.2, 0.25) is 0 Å².